The first-order valence-electron chi connectivity index (χ1n) is 9.05. The van der Waals surface area contributed by atoms with Crippen LogP contribution in [0.3, 0.4) is 0 Å². The summed E-state index contributed by atoms with van der Waals surface area (Å²) < 4.78 is 0. The van der Waals surface area contributed by atoms with Crippen LogP contribution in [-0.2, 0) is 9.59 Å². The Kier molecular flexibility index (Phi) is 9.79. The lowest BCUT2D eigenvalue weighted by Gasteiger charge is -2.20. The van der Waals surface area contributed by atoms with E-state index in [-0.39, 0.29) is 54.3 Å². The van der Waals surface area contributed by atoms with E-state index in [1.807, 2.05) is 18.7 Å². The SMILES string of the molecule is C#Cc1cccc(NC(=O)CNC(=NC)NC2CCN(C(=O)C(C)C)C2)c1.I. The van der Waals surface area contributed by atoms with Crippen molar-refractivity contribution in [3.63, 3.8) is 0 Å². The molecule has 0 aromatic heterocycles. The van der Waals surface area contributed by atoms with Crippen molar-refractivity contribution < 1.29 is 9.59 Å². The molecule has 8 heteroatoms. The normalized spacial score (nSPS) is 16.2. The fraction of sp³-hybridized carbons (Fsp3) is 0.450. The molecule has 1 aliphatic rings. The summed E-state index contributed by atoms with van der Waals surface area (Å²) in [7, 11) is 1.65. The molecule has 1 heterocycles. The summed E-state index contributed by atoms with van der Waals surface area (Å²) in [6.45, 7) is 5.25. The number of guanidine groups is 1. The molecular formula is C20H28IN5O2. The summed E-state index contributed by atoms with van der Waals surface area (Å²) >= 11 is 0. The number of hydrogen-bond donors (Lipinski definition) is 3. The van der Waals surface area contributed by atoms with E-state index in [0.29, 0.717) is 23.8 Å². The Balaban J connectivity index is 0.00000392. The molecule has 2 amide bonds. The third-order valence-corrected chi connectivity index (χ3v) is 4.29. The van der Waals surface area contributed by atoms with Crippen LogP contribution in [0, 0.1) is 18.3 Å². The molecule has 0 spiro atoms. The van der Waals surface area contributed by atoms with Crippen LogP contribution in [0.5, 0.6) is 0 Å². The van der Waals surface area contributed by atoms with E-state index in [9.17, 15) is 9.59 Å². The maximum atomic E-state index is 12.1. The maximum Gasteiger partial charge on any atom is 0.243 e. The summed E-state index contributed by atoms with van der Waals surface area (Å²) in [6, 6.07) is 7.24. The lowest BCUT2D eigenvalue weighted by Crippen LogP contribution is -2.47. The van der Waals surface area contributed by atoms with Crippen LogP contribution >= 0.6 is 24.0 Å². The number of halogens is 1. The number of rotatable bonds is 5. The Morgan fingerprint density at radius 1 is 1.39 bits per heavy atom. The third-order valence-electron chi connectivity index (χ3n) is 4.29. The van der Waals surface area contributed by atoms with Crippen molar-refractivity contribution in [3.8, 4) is 12.3 Å². The fourth-order valence-electron chi connectivity index (χ4n) is 2.89. The number of anilines is 1. The molecule has 1 unspecified atom stereocenters. The number of carbonyl (C=O) groups is 2. The third kappa shape index (κ3) is 7.03. The first kappa shape index (κ1) is 23.8. The van der Waals surface area contributed by atoms with Crippen LogP contribution in [0.2, 0.25) is 0 Å². The number of terminal acetylenes is 1. The zero-order chi connectivity index (χ0) is 19.8. The standard InChI is InChI=1S/C20H27N5O2.HI/c1-5-15-7-6-8-16(11-15)23-18(26)12-22-20(21-4)24-17-9-10-25(13-17)19(27)14(2)3;/h1,6-8,11,14,17H,9-10,12-13H2,2-4H3,(H,23,26)(H2,21,22,24);1H. The highest BCUT2D eigenvalue weighted by atomic mass is 127. The fourth-order valence-corrected chi connectivity index (χ4v) is 2.89. The van der Waals surface area contributed by atoms with Crippen molar-refractivity contribution in [3.05, 3.63) is 29.8 Å². The minimum atomic E-state index is -0.199. The van der Waals surface area contributed by atoms with Gasteiger partial charge in [-0.1, -0.05) is 25.8 Å². The van der Waals surface area contributed by atoms with E-state index in [4.69, 9.17) is 6.42 Å². The molecule has 0 aliphatic carbocycles. The quantitative estimate of drug-likeness (QED) is 0.250. The minimum absolute atomic E-state index is 0. The van der Waals surface area contributed by atoms with E-state index >= 15 is 0 Å². The second-order valence-corrected chi connectivity index (χ2v) is 6.77. The number of nitrogens with one attached hydrogen (secondary N) is 3. The first-order chi connectivity index (χ1) is 12.9. The largest absolute Gasteiger partial charge is 0.352 e. The monoisotopic (exact) mass is 497 g/mol. The second-order valence-electron chi connectivity index (χ2n) is 6.77. The number of hydrogen-bond acceptors (Lipinski definition) is 3. The average molecular weight is 497 g/mol. The van der Waals surface area contributed by atoms with Crippen LogP contribution in [0.15, 0.2) is 29.3 Å². The number of likely N-dealkylation sites (tertiary alicyclic amines) is 1. The van der Waals surface area contributed by atoms with Crippen LogP contribution in [-0.4, -0.2) is 55.4 Å². The Morgan fingerprint density at radius 2 is 2.14 bits per heavy atom. The van der Waals surface area contributed by atoms with E-state index in [0.717, 1.165) is 13.0 Å². The van der Waals surface area contributed by atoms with Gasteiger partial charge in [0.05, 0.1) is 6.54 Å². The maximum absolute atomic E-state index is 12.1. The van der Waals surface area contributed by atoms with Gasteiger partial charge in [-0.25, -0.2) is 0 Å². The number of aliphatic imine (C=N–C) groups is 1. The molecule has 1 atom stereocenters. The molecule has 7 nitrogen and oxygen atoms in total. The van der Waals surface area contributed by atoms with Crippen molar-refractivity contribution in [1.82, 2.24) is 15.5 Å². The predicted molar refractivity (Wildman–Crippen MR) is 123 cm³/mol. The summed E-state index contributed by atoms with van der Waals surface area (Å²) in [5.74, 6) is 3.03. The van der Waals surface area contributed by atoms with Crippen molar-refractivity contribution in [2.75, 3.05) is 32.0 Å². The van der Waals surface area contributed by atoms with Gasteiger partial charge in [0.1, 0.15) is 0 Å². The van der Waals surface area contributed by atoms with Crippen molar-refractivity contribution in [2.45, 2.75) is 26.3 Å². The highest BCUT2D eigenvalue weighted by Crippen LogP contribution is 2.12. The van der Waals surface area contributed by atoms with Gasteiger partial charge in [0, 0.05) is 43.3 Å². The van der Waals surface area contributed by atoms with Crippen LogP contribution in [0.4, 0.5) is 5.69 Å². The van der Waals surface area contributed by atoms with Gasteiger partial charge in [0.25, 0.3) is 0 Å². The van der Waals surface area contributed by atoms with Crippen LogP contribution < -0.4 is 16.0 Å². The molecule has 0 bridgehead atoms. The van der Waals surface area contributed by atoms with Gasteiger partial charge in [-0.05, 0) is 24.6 Å². The molecule has 28 heavy (non-hydrogen) atoms. The Bertz CT molecular complexity index is 757. The van der Waals surface area contributed by atoms with Gasteiger partial charge < -0.3 is 20.9 Å². The van der Waals surface area contributed by atoms with Crippen molar-refractivity contribution >= 4 is 47.4 Å². The van der Waals surface area contributed by atoms with Gasteiger partial charge in [0.15, 0.2) is 5.96 Å². The summed E-state index contributed by atoms with van der Waals surface area (Å²) in [5, 5.41) is 9.05. The Labute approximate surface area is 183 Å². The average Bonchev–Trinajstić information content (AvgIpc) is 3.12. The molecule has 152 valence electrons. The number of amides is 2. The van der Waals surface area contributed by atoms with E-state index in [2.05, 4.69) is 26.9 Å². The highest BCUT2D eigenvalue weighted by Gasteiger charge is 2.27. The molecule has 1 saturated heterocycles. The molecule has 1 aromatic rings. The molecule has 2 rings (SSSR count). The molecular weight excluding hydrogens is 469 g/mol. The topological polar surface area (TPSA) is 85.8 Å². The number of benzene rings is 1. The number of carbonyl (C=O) groups excluding carboxylic acids is 2. The zero-order valence-electron chi connectivity index (χ0n) is 16.5. The van der Waals surface area contributed by atoms with Crippen LogP contribution in [0.25, 0.3) is 0 Å². The number of nitrogens with zero attached hydrogens (tertiary/aromatic N) is 2. The molecule has 0 saturated carbocycles. The predicted octanol–water partition coefficient (Wildman–Crippen LogP) is 1.65. The van der Waals surface area contributed by atoms with E-state index in [1.54, 1.807) is 31.3 Å². The van der Waals surface area contributed by atoms with Gasteiger partial charge in [-0.15, -0.1) is 30.4 Å². The minimum Gasteiger partial charge on any atom is -0.352 e. The summed E-state index contributed by atoms with van der Waals surface area (Å²) in [6.07, 6.45) is 6.22. The van der Waals surface area contributed by atoms with E-state index in [1.165, 1.54) is 0 Å². The smallest absolute Gasteiger partial charge is 0.243 e. The molecule has 3 N–H and O–H groups in total. The highest BCUT2D eigenvalue weighted by molar-refractivity contribution is 14.0. The van der Waals surface area contributed by atoms with Crippen molar-refractivity contribution in [2.24, 2.45) is 10.9 Å². The van der Waals surface area contributed by atoms with E-state index < -0.39 is 0 Å². The van der Waals surface area contributed by atoms with Crippen molar-refractivity contribution in [1.29, 1.82) is 0 Å². The Morgan fingerprint density at radius 3 is 2.79 bits per heavy atom. The molecule has 1 aliphatic heterocycles. The summed E-state index contributed by atoms with van der Waals surface area (Å²) in [5.41, 5.74) is 1.36. The second kappa shape index (κ2) is 11.5. The molecule has 0 radical (unpaired) electrons. The first-order valence-corrected chi connectivity index (χ1v) is 9.05. The van der Waals surface area contributed by atoms with Gasteiger partial charge >= 0.3 is 0 Å². The van der Waals surface area contributed by atoms with Gasteiger partial charge in [-0.3, -0.25) is 14.6 Å². The summed E-state index contributed by atoms with van der Waals surface area (Å²) in [4.78, 5) is 30.2. The van der Waals surface area contributed by atoms with Gasteiger partial charge in [0.2, 0.25) is 11.8 Å². The van der Waals surface area contributed by atoms with Crippen LogP contribution in [0.1, 0.15) is 25.8 Å². The zero-order valence-corrected chi connectivity index (χ0v) is 18.8. The van der Waals surface area contributed by atoms with Gasteiger partial charge in [-0.2, -0.15) is 0 Å². The molecule has 1 fully saturated rings. The molecule has 1 aromatic carbocycles. The lowest BCUT2D eigenvalue weighted by molar-refractivity contribution is -0.133. The lowest BCUT2D eigenvalue weighted by atomic mass is 10.2. The Hall–Kier alpha value is -2.28.